The van der Waals surface area contributed by atoms with E-state index in [9.17, 15) is 18.3 Å². The summed E-state index contributed by atoms with van der Waals surface area (Å²) in [6.45, 7) is 1.53. The Morgan fingerprint density at radius 1 is 1.31 bits per heavy atom. The van der Waals surface area contributed by atoms with Crippen molar-refractivity contribution in [2.45, 2.75) is 30.0 Å². The van der Waals surface area contributed by atoms with Gasteiger partial charge in [0, 0.05) is 25.0 Å². The molecule has 0 aliphatic carbocycles. The molecule has 0 amide bonds. The van der Waals surface area contributed by atoms with E-state index in [-0.39, 0.29) is 9.77 Å². The van der Waals surface area contributed by atoms with Gasteiger partial charge in [-0.3, -0.25) is 0 Å². The molecule has 1 aliphatic heterocycles. The molecule has 0 fully saturated rings. The molecular weight excluding hydrogens is 372 g/mol. The van der Waals surface area contributed by atoms with Crippen molar-refractivity contribution in [1.29, 1.82) is 0 Å². The van der Waals surface area contributed by atoms with Crippen LogP contribution >= 0.6 is 11.3 Å². The lowest BCUT2D eigenvalue weighted by Crippen LogP contribution is -2.29. The van der Waals surface area contributed by atoms with Crippen LogP contribution in [0.4, 0.5) is 0 Å². The smallest absolute Gasteiger partial charge is 0.338 e. The molecule has 8 heteroatoms. The normalized spacial score (nSPS) is 14.4. The monoisotopic (exact) mass is 394 g/mol. The Hall–Kier alpha value is -1.74. The minimum absolute atomic E-state index is 0.0404. The molecule has 2 N–H and O–H groups in total. The van der Waals surface area contributed by atoms with Crippen LogP contribution in [0.5, 0.6) is 0 Å². The fraction of sp³-hybridized carbons (Fsp3) is 0.389. The fourth-order valence-corrected chi connectivity index (χ4v) is 6.38. The molecule has 0 bridgehead atoms. The summed E-state index contributed by atoms with van der Waals surface area (Å²) in [7, 11) is -2.30. The van der Waals surface area contributed by atoms with Gasteiger partial charge in [0.25, 0.3) is 10.0 Å². The summed E-state index contributed by atoms with van der Waals surface area (Å²) in [5.74, 6) is -1.17. The summed E-state index contributed by atoms with van der Waals surface area (Å²) in [5, 5.41) is 12.7. The van der Waals surface area contributed by atoms with Crippen LogP contribution in [0.3, 0.4) is 0 Å². The summed E-state index contributed by atoms with van der Waals surface area (Å²) in [6.07, 6.45) is 1.99. The summed E-state index contributed by atoms with van der Waals surface area (Å²) < 4.78 is 27.2. The van der Waals surface area contributed by atoms with Gasteiger partial charge in [-0.25, -0.2) is 17.5 Å². The molecule has 2 heterocycles. The molecule has 1 aromatic carbocycles. The molecule has 0 saturated carbocycles. The number of sulfonamides is 1. The Kier molecular flexibility index (Phi) is 5.76. The van der Waals surface area contributed by atoms with Crippen LogP contribution < -0.4 is 5.32 Å². The van der Waals surface area contributed by atoms with Crippen molar-refractivity contribution in [3.63, 3.8) is 0 Å². The van der Waals surface area contributed by atoms with Gasteiger partial charge in [-0.15, -0.1) is 11.3 Å². The molecule has 0 saturated heterocycles. The number of nitrogens with one attached hydrogen (secondary N) is 1. The summed E-state index contributed by atoms with van der Waals surface area (Å²) >= 11 is 1.08. The van der Waals surface area contributed by atoms with Crippen LogP contribution in [-0.2, 0) is 29.4 Å². The van der Waals surface area contributed by atoms with Crippen LogP contribution in [-0.4, -0.2) is 43.9 Å². The second-order valence-electron chi connectivity index (χ2n) is 6.31. The highest BCUT2D eigenvalue weighted by Gasteiger charge is 2.33. The zero-order chi connectivity index (χ0) is 18.7. The SMILES string of the molecule is CN(CCCc1ccccc1)S(=O)(=O)c1sc2c(c1C(=O)O)CCNC2. The number of benzene rings is 1. The number of aryl methyl sites for hydroxylation is 1. The third-order valence-corrected chi connectivity index (χ3v) is 8.12. The number of carboxylic acids is 1. The second-order valence-corrected chi connectivity index (χ2v) is 9.66. The predicted octanol–water partition coefficient (Wildman–Crippen LogP) is 2.35. The van der Waals surface area contributed by atoms with Crippen LogP contribution in [0.15, 0.2) is 34.5 Å². The fourth-order valence-electron chi connectivity index (χ4n) is 3.12. The minimum atomic E-state index is -3.82. The Balaban J connectivity index is 1.79. The van der Waals surface area contributed by atoms with Crippen molar-refractivity contribution in [3.8, 4) is 0 Å². The molecule has 1 aromatic heterocycles. The first-order valence-corrected chi connectivity index (χ1v) is 10.8. The Labute approximate surface area is 157 Å². The van der Waals surface area contributed by atoms with Crippen LogP contribution in [0.25, 0.3) is 0 Å². The van der Waals surface area contributed by atoms with E-state index in [2.05, 4.69) is 5.32 Å². The van der Waals surface area contributed by atoms with Crippen molar-refractivity contribution in [2.75, 3.05) is 20.1 Å². The number of aromatic carboxylic acids is 1. The first kappa shape index (κ1) is 19.0. The van der Waals surface area contributed by atoms with Gasteiger partial charge in [0.2, 0.25) is 0 Å². The molecule has 0 atom stereocenters. The number of carbonyl (C=O) groups is 1. The molecule has 2 aromatic rings. The highest BCUT2D eigenvalue weighted by molar-refractivity contribution is 7.91. The van der Waals surface area contributed by atoms with Gasteiger partial charge in [-0.1, -0.05) is 30.3 Å². The minimum Gasteiger partial charge on any atom is -0.478 e. The van der Waals surface area contributed by atoms with Crippen LogP contribution in [0, 0.1) is 0 Å². The van der Waals surface area contributed by atoms with Crippen LogP contribution in [0.2, 0.25) is 0 Å². The van der Waals surface area contributed by atoms with E-state index < -0.39 is 16.0 Å². The van der Waals surface area contributed by atoms with Crippen LogP contribution in [0.1, 0.15) is 32.8 Å². The highest BCUT2D eigenvalue weighted by Crippen LogP contribution is 2.35. The molecule has 6 nitrogen and oxygen atoms in total. The Morgan fingerprint density at radius 2 is 2.04 bits per heavy atom. The van der Waals surface area contributed by atoms with Crippen molar-refractivity contribution >= 4 is 27.3 Å². The number of hydrogen-bond acceptors (Lipinski definition) is 5. The zero-order valence-corrected chi connectivity index (χ0v) is 16.2. The maximum absolute atomic E-state index is 13.0. The molecule has 0 radical (unpaired) electrons. The Bertz CT molecular complexity index is 891. The third-order valence-electron chi connectivity index (χ3n) is 4.54. The average molecular weight is 395 g/mol. The van der Waals surface area contributed by atoms with Gasteiger partial charge < -0.3 is 10.4 Å². The largest absolute Gasteiger partial charge is 0.478 e. The quantitative estimate of drug-likeness (QED) is 0.753. The topological polar surface area (TPSA) is 86.7 Å². The lowest BCUT2D eigenvalue weighted by atomic mass is 10.1. The lowest BCUT2D eigenvalue weighted by Gasteiger charge is -2.17. The van der Waals surface area contributed by atoms with E-state index in [1.807, 2.05) is 30.3 Å². The lowest BCUT2D eigenvalue weighted by molar-refractivity contribution is 0.0692. The molecule has 26 heavy (non-hydrogen) atoms. The van der Waals surface area contributed by atoms with Gasteiger partial charge in [-0.05, 0) is 36.9 Å². The number of thiophene rings is 1. The zero-order valence-electron chi connectivity index (χ0n) is 14.6. The second kappa shape index (κ2) is 7.87. The van der Waals surface area contributed by atoms with Crippen molar-refractivity contribution < 1.29 is 18.3 Å². The first-order chi connectivity index (χ1) is 12.4. The molecule has 3 rings (SSSR count). The van der Waals surface area contributed by atoms with E-state index in [0.29, 0.717) is 38.0 Å². The summed E-state index contributed by atoms with van der Waals surface area (Å²) in [5.41, 5.74) is 1.78. The van der Waals surface area contributed by atoms with Gasteiger partial charge >= 0.3 is 5.97 Å². The number of fused-ring (bicyclic) bond motifs is 1. The van der Waals surface area contributed by atoms with Gasteiger partial charge in [-0.2, -0.15) is 0 Å². The molecule has 140 valence electrons. The van der Waals surface area contributed by atoms with Gasteiger partial charge in [0.1, 0.15) is 4.21 Å². The number of nitrogens with zero attached hydrogens (tertiary/aromatic N) is 1. The van der Waals surface area contributed by atoms with E-state index in [1.165, 1.54) is 11.4 Å². The standard InChI is InChI=1S/C18H22N2O4S2/c1-20(11-5-8-13-6-3-2-4-7-13)26(23,24)18-16(17(21)22)14-9-10-19-12-15(14)25-18/h2-4,6-7,19H,5,8-12H2,1H3,(H,21,22). The maximum atomic E-state index is 13.0. The van der Waals surface area contributed by atoms with Crippen molar-refractivity contribution in [2.24, 2.45) is 0 Å². The van der Waals surface area contributed by atoms with E-state index >= 15 is 0 Å². The summed E-state index contributed by atoms with van der Waals surface area (Å²) in [4.78, 5) is 12.5. The van der Waals surface area contributed by atoms with E-state index in [4.69, 9.17) is 0 Å². The van der Waals surface area contributed by atoms with Crippen molar-refractivity contribution in [1.82, 2.24) is 9.62 Å². The van der Waals surface area contributed by atoms with E-state index in [0.717, 1.165) is 28.2 Å². The molecule has 1 aliphatic rings. The maximum Gasteiger partial charge on any atom is 0.338 e. The third kappa shape index (κ3) is 3.83. The Morgan fingerprint density at radius 3 is 2.73 bits per heavy atom. The van der Waals surface area contributed by atoms with Crippen molar-refractivity contribution in [3.05, 3.63) is 51.9 Å². The number of hydrogen-bond donors (Lipinski definition) is 2. The molecule has 0 spiro atoms. The van der Waals surface area contributed by atoms with Gasteiger partial charge in [0.15, 0.2) is 0 Å². The first-order valence-electron chi connectivity index (χ1n) is 8.50. The summed E-state index contributed by atoms with van der Waals surface area (Å²) in [6, 6.07) is 9.88. The number of rotatable bonds is 7. The average Bonchev–Trinajstić information content (AvgIpc) is 3.03. The molecule has 0 unspecified atom stereocenters. The number of carboxylic acid groups (broad SMARTS) is 1. The van der Waals surface area contributed by atoms with Gasteiger partial charge in [0.05, 0.1) is 5.56 Å². The van der Waals surface area contributed by atoms with E-state index in [1.54, 1.807) is 0 Å². The predicted molar refractivity (Wildman–Crippen MR) is 101 cm³/mol. The highest BCUT2D eigenvalue weighted by atomic mass is 32.2. The molecular formula is C18H22N2O4S2.